The number of amides is 2. The first-order valence-corrected chi connectivity index (χ1v) is 9.03. The Hall–Kier alpha value is -3.83. The van der Waals surface area contributed by atoms with Crippen LogP contribution in [-0.4, -0.2) is 29.9 Å². The maximum Gasteiger partial charge on any atom is 0.416 e. The van der Waals surface area contributed by atoms with Crippen LogP contribution in [0, 0.1) is 10.1 Å². The van der Waals surface area contributed by atoms with Gasteiger partial charge >= 0.3 is 6.18 Å². The molecule has 2 amide bonds. The number of hydrazine groups is 1. The topological polar surface area (TPSA) is 123 Å². The molecule has 0 heterocycles. The standard InChI is InChI=1S/C19H19F3N4O5/c1-2-31-14-6-3-12(4-7-14)18(28)25-24-17(27)9-10-23-15-8-5-13(19(20,21)22)11-16(15)26(29)30/h3-8,11,23H,2,9-10H2,1H3,(H,24,27)(H,25,28). The van der Waals surface area contributed by atoms with Crippen LogP contribution in [0.2, 0.25) is 0 Å². The van der Waals surface area contributed by atoms with Crippen molar-refractivity contribution in [1.82, 2.24) is 10.9 Å². The van der Waals surface area contributed by atoms with Crippen molar-refractivity contribution in [3.8, 4) is 5.75 Å². The van der Waals surface area contributed by atoms with Crippen molar-refractivity contribution in [2.24, 2.45) is 0 Å². The highest BCUT2D eigenvalue weighted by Gasteiger charge is 2.33. The molecule has 0 radical (unpaired) electrons. The third kappa shape index (κ3) is 6.87. The molecular weight excluding hydrogens is 421 g/mol. The monoisotopic (exact) mass is 440 g/mol. The second-order valence-corrected chi connectivity index (χ2v) is 6.12. The average molecular weight is 440 g/mol. The van der Waals surface area contributed by atoms with E-state index in [1.165, 1.54) is 12.1 Å². The molecule has 12 heteroatoms. The smallest absolute Gasteiger partial charge is 0.416 e. The van der Waals surface area contributed by atoms with Crippen LogP contribution in [-0.2, 0) is 11.0 Å². The van der Waals surface area contributed by atoms with E-state index >= 15 is 0 Å². The van der Waals surface area contributed by atoms with Crippen molar-refractivity contribution in [3.63, 3.8) is 0 Å². The second-order valence-electron chi connectivity index (χ2n) is 6.12. The van der Waals surface area contributed by atoms with Gasteiger partial charge in [0, 0.05) is 24.6 Å². The van der Waals surface area contributed by atoms with Crippen LogP contribution < -0.4 is 20.9 Å². The van der Waals surface area contributed by atoms with Gasteiger partial charge in [-0.15, -0.1) is 0 Å². The molecule has 0 atom stereocenters. The number of nitro benzene ring substituents is 1. The molecule has 0 bridgehead atoms. The number of rotatable bonds is 8. The molecule has 0 spiro atoms. The van der Waals surface area contributed by atoms with Gasteiger partial charge in [0.2, 0.25) is 5.91 Å². The predicted octanol–water partition coefficient (Wildman–Crippen LogP) is 3.28. The molecule has 0 saturated carbocycles. The lowest BCUT2D eigenvalue weighted by molar-refractivity contribution is -0.384. The van der Waals surface area contributed by atoms with Crippen molar-refractivity contribution in [3.05, 3.63) is 63.7 Å². The van der Waals surface area contributed by atoms with Crippen LogP contribution in [0.3, 0.4) is 0 Å². The minimum absolute atomic E-state index is 0.114. The van der Waals surface area contributed by atoms with Crippen LogP contribution in [0.4, 0.5) is 24.5 Å². The fourth-order valence-electron chi connectivity index (χ4n) is 2.45. The third-order valence-electron chi connectivity index (χ3n) is 3.93. The van der Waals surface area contributed by atoms with Crippen LogP contribution in [0.25, 0.3) is 0 Å². The number of nitrogens with zero attached hydrogens (tertiary/aromatic N) is 1. The highest BCUT2D eigenvalue weighted by atomic mass is 19.4. The Bertz CT molecular complexity index is 949. The van der Waals surface area contributed by atoms with E-state index in [-0.39, 0.29) is 24.2 Å². The molecule has 2 aromatic carbocycles. The van der Waals surface area contributed by atoms with Gasteiger partial charge in [-0.1, -0.05) is 0 Å². The van der Waals surface area contributed by atoms with Gasteiger partial charge in [0.15, 0.2) is 0 Å². The summed E-state index contributed by atoms with van der Waals surface area (Å²) < 4.78 is 43.4. The number of ether oxygens (including phenoxy) is 1. The summed E-state index contributed by atoms with van der Waals surface area (Å²) in [5.41, 5.74) is 2.59. The summed E-state index contributed by atoms with van der Waals surface area (Å²) in [5, 5.41) is 13.6. The summed E-state index contributed by atoms with van der Waals surface area (Å²) in [7, 11) is 0. The highest BCUT2D eigenvalue weighted by molar-refractivity contribution is 5.95. The molecule has 9 nitrogen and oxygen atoms in total. The van der Waals surface area contributed by atoms with Gasteiger partial charge in [-0.3, -0.25) is 30.6 Å². The van der Waals surface area contributed by atoms with Gasteiger partial charge < -0.3 is 10.1 Å². The highest BCUT2D eigenvalue weighted by Crippen LogP contribution is 2.34. The number of halogens is 3. The van der Waals surface area contributed by atoms with Crippen LogP contribution >= 0.6 is 0 Å². The lowest BCUT2D eigenvalue weighted by Crippen LogP contribution is -2.42. The van der Waals surface area contributed by atoms with Crippen molar-refractivity contribution in [2.75, 3.05) is 18.5 Å². The number of anilines is 1. The van der Waals surface area contributed by atoms with Crippen LogP contribution in [0.15, 0.2) is 42.5 Å². The van der Waals surface area contributed by atoms with Crippen LogP contribution in [0.5, 0.6) is 5.75 Å². The Morgan fingerprint density at radius 2 is 1.77 bits per heavy atom. The second kappa shape index (κ2) is 10.3. The third-order valence-corrected chi connectivity index (χ3v) is 3.93. The Kier molecular flexibility index (Phi) is 7.77. The Morgan fingerprint density at radius 1 is 1.10 bits per heavy atom. The predicted molar refractivity (Wildman–Crippen MR) is 104 cm³/mol. The fraction of sp³-hybridized carbons (Fsp3) is 0.263. The van der Waals surface area contributed by atoms with Crippen molar-refractivity contribution in [1.29, 1.82) is 0 Å². The van der Waals surface area contributed by atoms with E-state index in [1.54, 1.807) is 12.1 Å². The molecule has 31 heavy (non-hydrogen) atoms. The molecule has 0 aromatic heterocycles. The maximum absolute atomic E-state index is 12.7. The Morgan fingerprint density at radius 3 is 2.35 bits per heavy atom. The molecule has 0 unspecified atom stereocenters. The van der Waals surface area contributed by atoms with E-state index in [1.807, 2.05) is 6.92 Å². The minimum atomic E-state index is -4.72. The molecule has 0 fully saturated rings. The van der Waals surface area contributed by atoms with E-state index in [4.69, 9.17) is 4.74 Å². The maximum atomic E-state index is 12.7. The molecule has 2 rings (SSSR count). The van der Waals surface area contributed by atoms with Gasteiger partial charge in [0.1, 0.15) is 11.4 Å². The van der Waals surface area contributed by atoms with Crippen LogP contribution in [0.1, 0.15) is 29.3 Å². The minimum Gasteiger partial charge on any atom is -0.494 e. The SMILES string of the molecule is CCOc1ccc(C(=O)NNC(=O)CCNc2ccc(C(F)(F)F)cc2[N+](=O)[O-])cc1. The zero-order valence-corrected chi connectivity index (χ0v) is 16.3. The van der Waals surface area contributed by atoms with E-state index in [2.05, 4.69) is 16.2 Å². The number of hydrogen-bond donors (Lipinski definition) is 3. The summed E-state index contributed by atoms with van der Waals surface area (Å²) in [4.78, 5) is 33.9. The molecule has 2 aromatic rings. The van der Waals surface area contributed by atoms with Gasteiger partial charge in [0.05, 0.1) is 17.1 Å². The van der Waals surface area contributed by atoms with Gasteiger partial charge in [0.25, 0.3) is 11.6 Å². The first-order chi connectivity index (χ1) is 14.6. The van der Waals surface area contributed by atoms with E-state index in [0.29, 0.717) is 24.5 Å². The quantitative estimate of drug-likeness (QED) is 0.428. The number of nitrogens with one attached hydrogen (secondary N) is 3. The summed E-state index contributed by atoms with van der Waals surface area (Å²) in [6.07, 6.45) is -4.92. The number of hydrogen-bond acceptors (Lipinski definition) is 6. The average Bonchev–Trinajstić information content (AvgIpc) is 2.72. The van der Waals surface area contributed by atoms with E-state index < -0.39 is 34.2 Å². The Balaban J connectivity index is 1.85. The zero-order chi connectivity index (χ0) is 23.0. The molecule has 0 saturated heterocycles. The van der Waals surface area contributed by atoms with Gasteiger partial charge in [-0.25, -0.2) is 0 Å². The number of nitro groups is 1. The number of alkyl halides is 3. The molecule has 3 N–H and O–H groups in total. The fourth-order valence-corrected chi connectivity index (χ4v) is 2.45. The molecule has 0 aliphatic carbocycles. The van der Waals surface area contributed by atoms with Gasteiger partial charge in [-0.05, 0) is 43.3 Å². The summed E-state index contributed by atoms with van der Waals surface area (Å²) in [6, 6.07) is 8.26. The molecule has 0 aliphatic heterocycles. The lowest BCUT2D eigenvalue weighted by Gasteiger charge is -2.11. The number of benzene rings is 2. The van der Waals surface area contributed by atoms with E-state index in [0.717, 1.165) is 6.07 Å². The number of carbonyl (C=O) groups is 2. The summed E-state index contributed by atoms with van der Waals surface area (Å²) in [5.74, 6) is -0.587. The molecule has 166 valence electrons. The molecular formula is C19H19F3N4O5. The van der Waals surface area contributed by atoms with Gasteiger partial charge in [-0.2, -0.15) is 13.2 Å². The van der Waals surface area contributed by atoms with E-state index in [9.17, 15) is 32.9 Å². The molecule has 0 aliphatic rings. The normalized spacial score (nSPS) is 10.8. The zero-order valence-electron chi connectivity index (χ0n) is 16.3. The number of carbonyl (C=O) groups excluding carboxylic acids is 2. The first kappa shape index (κ1) is 23.4. The largest absolute Gasteiger partial charge is 0.494 e. The van der Waals surface area contributed by atoms with Crippen molar-refractivity contribution >= 4 is 23.2 Å². The summed E-state index contributed by atoms with van der Waals surface area (Å²) in [6.45, 7) is 2.18. The van der Waals surface area contributed by atoms with Crippen molar-refractivity contribution in [2.45, 2.75) is 19.5 Å². The lowest BCUT2D eigenvalue weighted by atomic mass is 10.1. The Labute approximate surface area is 174 Å². The summed E-state index contributed by atoms with van der Waals surface area (Å²) >= 11 is 0. The first-order valence-electron chi connectivity index (χ1n) is 9.03. The van der Waals surface area contributed by atoms with Crippen molar-refractivity contribution < 1.29 is 32.4 Å².